The molecule has 1 aromatic heterocycles. The molecule has 6 heteroatoms. The van der Waals surface area contributed by atoms with Gasteiger partial charge in [0, 0.05) is 13.8 Å². The molecule has 1 aliphatic rings. The predicted molar refractivity (Wildman–Crippen MR) is 56.4 cm³/mol. The van der Waals surface area contributed by atoms with Gasteiger partial charge in [-0.25, -0.2) is 5.06 Å². The highest BCUT2D eigenvalue weighted by molar-refractivity contribution is 14.1. The molecule has 2 N–H and O–H groups in total. The van der Waals surface area contributed by atoms with Gasteiger partial charge in [0.2, 0.25) is 0 Å². The monoisotopic (exact) mass is 310 g/mol. The molecule has 1 fully saturated rings. The molecule has 0 bridgehead atoms. The summed E-state index contributed by atoms with van der Waals surface area (Å²) in [6.07, 6.45) is -0.360. The second kappa shape index (κ2) is 3.52. The van der Waals surface area contributed by atoms with Gasteiger partial charge in [0.05, 0.1) is 6.54 Å². The van der Waals surface area contributed by atoms with Crippen LogP contribution in [0.15, 0.2) is 11.4 Å². The van der Waals surface area contributed by atoms with Gasteiger partial charge < -0.3 is 0 Å². The van der Waals surface area contributed by atoms with E-state index in [9.17, 15) is 10.0 Å². The van der Waals surface area contributed by atoms with Crippen LogP contribution in [0.5, 0.6) is 0 Å². The van der Waals surface area contributed by atoms with Crippen LogP contribution in [0.3, 0.4) is 0 Å². The van der Waals surface area contributed by atoms with E-state index in [2.05, 4.69) is 27.9 Å². The summed E-state index contributed by atoms with van der Waals surface area (Å²) in [7, 11) is 0. The molecule has 0 aliphatic carbocycles. The van der Waals surface area contributed by atoms with E-state index in [4.69, 9.17) is 0 Å². The Morgan fingerprint density at radius 3 is 3.00 bits per heavy atom. The first-order chi connectivity index (χ1) is 6.18. The molecule has 1 aromatic rings. The molecule has 1 unspecified atom stereocenters. The maximum absolute atomic E-state index is 11.0. The number of nitrogens with zero attached hydrogens (tertiary/aromatic N) is 1. The van der Waals surface area contributed by atoms with Crippen molar-refractivity contribution in [2.45, 2.75) is 6.17 Å². The molecule has 13 heavy (non-hydrogen) atoms. The minimum Gasteiger partial charge on any atom is -0.284 e. The average molecular weight is 310 g/mol. The quantitative estimate of drug-likeness (QED) is 0.605. The number of carbonyl (C=O) groups excluding carboxylic acids is 1. The first-order valence-electron chi connectivity index (χ1n) is 3.67. The van der Waals surface area contributed by atoms with Crippen molar-refractivity contribution >= 4 is 39.8 Å². The summed E-state index contributed by atoms with van der Waals surface area (Å²) in [5.41, 5.74) is 0. The van der Waals surface area contributed by atoms with Crippen molar-refractivity contribution in [2.75, 3.05) is 6.54 Å². The molecule has 1 saturated heterocycles. The Bertz CT molecular complexity index is 341. The highest BCUT2D eigenvalue weighted by Crippen LogP contribution is 2.27. The summed E-state index contributed by atoms with van der Waals surface area (Å²) in [5, 5.41) is 15.0. The third-order valence-electron chi connectivity index (χ3n) is 1.80. The second-order valence-corrected chi connectivity index (χ2v) is 4.88. The van der Waals surface area contributed by atoms with Crippen LogP contribution in [0.1, 0.15) is 11.0 Å². The number of rotatable bonds is 1. The van der Waals surface area contributed by atoms with Crippen molar-refractivity contribution in [2.24, 2.45) is 0 Å². The van der Waals surface area contributed by atoms with Gasteiger partial charge in [-0.05, 0) is 28.7 Å². The highest BCUT2D eigenvalue weighted by Gasteiger charge is 2.31. The summed E-state index contributed by atoms with van der Waals surface area (Å²) in [4.78, 5) is 11.9. The summed E-state index contributed by atoms with van der Waals surface area (Å²) >= 11 is 3.73. The van der Waals surface area contributed by atoms with Crippen LogP contribution in [0, 0.1) is 3.57 Å². The summed E-state index contributed by atoms with van der Waals surface area (Å²) in [6.45, 7) is 0.204. The zero-order valence-corrected chi connectivity index (χ0v) is 9.50. The van der Waals surface area contributed by atoms with Gasteiger partial charge >= 0.3 is 0 Å². The molecule has 1 amide bonds. The van der Waals surface area contributed by atoms with Gasteiger partial charge in [0.15, 0.2) is 0 Å². The van der Waals surface area contributed by atoms with Crippen LogP contribution in [0.4, 0.5) is 0 Å². The van der Waals surface area contributed by atoms with E-state index < -0.39 is 0 Å². The molecular weight excluding hydrogens is 303 g/mol. The smallest absolute Gasteiger partial charge is 0.261 e. The summed E-state index contributed by atoms with van der Waals surface area (Å²) in [6, 6.07) is 1.95. The number of carbonyl (C=O) groups is 1. The fraction of sp³-hybridized carbons (Fsp3) is 0.286. The molecule has 0 aromatic carbocycles. The first-order valence-corrected chi connectivity index (χ1v) is 5.62. The van der Waals surface area contributed by atoms with E-state index >= 15 is 0 Å². The molecular formula is C7H7IN2O2S. The van der Waals surface area contributed by atoms with Crippen molar-refractivity contribution in [3.8, 4) is 0 Å². The first kappa shape index (κ1) is 9.38. The Labute approximate surface area is 92.6 Å². The molecule has 1 atom stereocenters. The normalized spacial score (nSPS) is 22.8. The highest BCUT2D eigenvalue weighted by atomic mass is 127. The fourth-order valence-electron chi connectivity index (χ4n) is 1.19. The van der Waals surface area contributed by atoms with Crippen LogP contribution >= 0.6 is 33.9 Å². The molecule has 0 radical (unpaired) electrons. The Balaban J connectivity index is 2.23. The van der Waals surface area contributed by atoms with E-state index in [1.807, 2.05) is 11.4 Å². The van der Waals surface area contributed by atoms with Gasteiger partial charge in [-0.3, -0.25) is 15.3 Å². The van der Waals surface area contributed by atoms with E-state index in [0.29, 0.717) is 0 Å². The Hall–Kier alpha value is -0.180. The maximum Gasteiger partial charge on any atom is 0.261 e. The maximum atomic E-state index is 11.0. The summed E-state index contributed by atoms with van der Waals surface area (Å²) in [5.74, 6) is -0.284. The minimum absolute atomic E-state index is 0.204. The lowest BCUT2D eigenvalue weighted by Crippen LogP contribution is -2.25. The van der Waals surface area contributed by atoms with Crippen molar-refractivity contribution < 1.29 is 10.0 Å². The average Bonchev–Trinajstić information content (AvgIpc) is 2.62. The Morgan fingerprint density at radius 1 is 1.77 bits per heavy atom. The van der Waals surface area contributed by atoms with Crippen molar-refractivity contribution in [1.82, 2.24) is 10.4 Å². The van der Waals surface area contributed by atoms with Gasteiger partial charge in [0.25, 0.3) is 5.91 Å². The van der Waals surface area contributed by atoms with Gasteiger partial charge in [-0.2, -0.15) is 0 Å². The van der Waals surface area contributed by atoms with Gasteiger partial charge in [-0.15, -0.1) is 11.3 Å². The number of hydroxylamine groups is 2. The standard InChI is InChI=1S/C7H7IN2O2S/c8-4-1-5(13-3-4)7-9-2-6(11)10(7)12/h1,3,7,9,12H,2H2. The topological polar surface area (TPSA) is 52.6 Å². The van der Waals surface area contributed by atoms with Gasteiger partial charge in [-0.1, -0.05) is 0 Å². The van der Waals surface area contributed by atoms with Crippen molar-refractivity contribution in [1.29, 1.82) is 0 Å². The fourth-order valence-corrected chi connectivity index (χ4v) is 2.94. The molecule has 1 aliphatic heterocycles. The van der Waals surface area contributed by atoms with E-state index in [1.54, 1.807) is 0 Å². The molecule has 70 valence electrons. The van der Waals surface area contributed by atoms with Crippen LogP contribution in [0.2, 0.25) is 0 Å². The minimum atomic E-state index is -0.360. The molecule has 2 rings (SSSR count). The number of nitrogens with one attached hydrogen (secondary N) is 1. The van der Waals surface area contributed by atoms with Crippen LogP contribution in [-0.2, 0) is 4.79 Å². The SMILES string of the molecule is O=C1CNC(c2cc(I)cs2)N1O. The Morgan fingerprint density at radius 2 is 2.54 bits per heavy atom. The lowest BCUT2D eigenvalue weighted by Gasteiger charge is -2.14. The Kier molecular flexibility index (Phi) is 2.54. The third-order valence-corrected chi connectivity index (χ3v) is 3.83. The molecule has 4 nitrogen and oxygen atoms in total. The largest absolute Gasteiger partial charge is 0.284 e. The zero-order valence-electron chi connectivity index (χ0n) is 6.53. The van der Waals surface area contributed by atoms with Crippen molar-refractivity contribution in [3.05, 3.63) is 19.9 Å². The number of halogens is 1. The number of hydrogen-bond donors (Lipinski definition) is 2. The van der Waals surface area contributed by atoms with Crippen LogP contribution < -0.4 is 5.32 Å². The lowest BCUT2D eigenvalue weighted by molar-refractivity contribution is -0.165. The van der Waals surface area contributed by atoms with E-state index in [-0.39, 0.29) is 18.6 Å². The van der Waals surface area contributed by atoms with E-state index in [1.165, 1.54) is 11.3 Å². The van der Waals surface area contributed by atoms with Crippen LogP contribution in [0.25, 0.3) is 0 Å². The summed E-state index contributed by atoms with van der Waals surface area (Å²) < 4.78 is 1.12. The van der Waals surface area contributed by atoms with Crippen LogP contribution in [-0.4, -0.2) is 22.7 Å². The van der Waals surface area contributed by atoms with Gasteiger partial charge in [0.1, 0.15) is 6.17 Å². The number of amides is 1. The zero-order chi connectivity index (χ0) is 9.42. The third kappa shape index (κ3) is 1.71. The number of thiophene rings is 1. The number of hydrogen-bond acceptors (Lipinski definition) is 4. The van der Waals surface area contributed by atoms with Crippen molar-refractivity contribution in [3.63, 3.8) is 0 Å². The lowest BCUT2D eigenvalue weighted by atomic mass is 10.4. The molecule has 2 heterocycles. The molecule has 0 saturated carbocycles. The van der Waals surface area contributed by atoms with E-state index in [0.717, 1.165) is 13.5 Å². The molecule has 0 spiro atoms. The second-order valence-electron chi connectivity index (χ2n) is 2.69. The predicted octanol–water partition coefficient (Wildman–Crippen LogP) is 1.17.